The Balaban J connectivity index is 1.95. The van der Waals surface area contributed by atoms with E-state index in [0.29, 0.717) is 37.7 Å². The standard InChI is InChI=1S/C15H23N5O2/c1-3-4-5-16-14-10-13(17-11-18-14)15(22)20-8-6-19(7-9-20)12(2)21/h10-11H,3-9H2,1-2H3,(H,16,17,18). The zero-order chi connectivity index (χ0) is 15.9. The highest BCUT2D eigenvalue weighted by Crippen LogP contribution is 2.10. The van der Waals surface area contributed by atoms with E-state index in [4.69, 9.17) is 0 Å². The number of rotatable bonds is 5. The molecule has 120 valence electrons. The van der Waals surface area contributed by atoms with Crippen molar-refractivity contribution in [3.05, 3.63) is 18.1 Å². The lowest BCUT2D eigenvalue weighted by Gasteiger charge is -2.34. The number of piperazine rings is 1. The number of anilines is 1. The Morgan fingerprint density at radius 2 is 1.86 bits per heavy atom. The smallest absolute Gasteiger partial charge is 0.272 e. The molecule has 1 fully saturated rings. The summed E-state index contributed by atoms with van der Waals surface area (Å²) in [6.07, 6.45) is 3.57. The van der Waals surface area contributed by atoms with Gasteiger partial charge in [0.15, 0.2) is 0 Å². The molecule has 2 heterocycles. The number of carbonyl (C=O) groups excluding carboxylic acids is 2. The van der Waals surface area contributed by atoms with Gasteiger partial charge in [-0.2, -0.15) is 0 Å². The van der Waals surface area contributed by atoms with E-state index in [0.717, 1.165) is 19.4 Å². The quantitative estimate of drug-likeness (QED) is 0.821. The molecule has 0 radical (unpaired) electrons. The van der Waals surface area contributed by atoms with Crippen molar-refractivity contribution in [2.45, 2.75) is 26.7 Å². The lowest BCUT2D eigenvalue weighted by molar-refractivity contribution is -0.130. The molecule has 0 bridgehead atoms. The molecule has 0 aromatic carbocycles. The summed E-state index contributed by atoms with van der Waals surface area (Å²) in [4.78, 5) is 35.5. The molecule has 0 saturated carbocycles. The minimum absolute atomic E-state index is 0.0524. The van der Waals surface area contributed by atoms with Crippen LogP contribution in [0.2, 0.25) is 0 Å². The van der Waals surface area contributed by atoms with Gasteiger partial charge in [0.1, 0.15) is 17.8 Å². The molecule has 22 heavy (non-hydrogen) atoms. The van der Waals surface area contributed by atoms with Gasteiger partial charge in [0.2, 0.25) is 5.91 Å². The molecular weight excluding hydrogens is 282 g/mol. The largest absolute Gasteiger partial charge is 0.370 e. The van der Waals surface area contributed by atoms with Crippen molar-refractivity contribution in [2.75, 3.05) is 38.0 Å². The zero-order valence-corrected chi connectivity index (χ0v) is 13.2. The van der Waals surface area contributed by atoms with E-state index in [1.807, 2.05) is 0 Å². The fraction of sp³-hybridized carbons (Fsp3) is 0.600. The number of aromatic nitrogens is 2. The van der Waals surface area contributed by atoms with Gasteiger partial charge in [0, 0.05) is 45.7 Å². The van der Waals surface area contributed by atoms with Crippen LogP contribution in [0.5, 0.6) is 0 Å². The minimum Gasteiger partial charge on any atom is -0.370 e. The number of unbranched alkanes of at least 4 members (excludes halogenated alkanes) is 1. The van der Waals surface area contributed by atoms with Crippen LogP contribution in [0.25, 0.3) is 0 Å². The van der Waals surface area contributed by atoms with E-state index < -0.39 is 0 Å². The van der Waals surface area contributed by atoms with Gasteiger partial charge in [0.05, 0.1) is 0 Å². The molecule has 1 aliphatic heterocycles. The van der Waals surface area contributed by atoms with Gasteiger partial charge in [-0.15, -0.1) is 0 Å². The van der Waals surface area contributed by atoms with E-state index >= 15 is 0 Å². The predicted octanol–water partition coefficient (Wildman–Crippen LogP) is 0.993. The van der Waals surface area contributed by atoms with E-state index in [2.05, 4.69) is 22.2 Å². The Bertz CT molecular complexity index is 526. The van der Waals surface area contributed by atoms with E-state index in [1.165, 1.54) is 6.33 Å². The third-order valence-electron chi connectivity index (χ3n) is 3.73. The number of nitrogens with one attached hydrogen (secondary N) is 1. The van der Waals surface area contributed by atoms with Crippen LogP contribution in [0.1, 0.15) is 37.2 Å². The summed E-state index contributed by atoms with van der Waals surface area (Å²) in [7, 11) is 0. The Morgan fingerprint density at radius 1 is 1.18 bits per heavy atom. The number of hydrogen-bond donors (Lipinski definition) is 1. The summed E-state index contributed by atoms with van der Waals surface area (Å²) >= 11 is 0. The monoisotopic (exact) mass is 305 g/mol. The molecule has 1 saturated heterocycles. The molecule has 0 unspecified atom stereocenters. The molecule has 7 nitrogen and oxygen atoms in total. The van der Waals surface area contributed by atoms with Crippen LogP contribution in [-0.2, 0) is 4.79 Å². The first-order valence-corrected chi connectivity index (χ1v) is 7.72. The van der Waals surface area contributed by atoms with Gasteiger partial charge in [-0.05, 0) is 6.42 Å². The number of carbonyl (C=O) groups is 2. The molecule has 1 N–H and O–H groups in total. The molecule has 0 atom stereocenters. The molecule has 0 aliphatic carbocycles. The average molecular weight is 305 g/mol. The highest BCUT2D eigenvalue weighted by molar-refractivity contribution is 5.93. The van der Waals surface area contributed by atoms with Crippen LogP contribution in [0.3, 0.4) is 0 Å². The summed E-state index contributed by atoms with van der Waals surface area (Å²) in [5.74, 6) is 0.620. The Labute approximate surface area is 130 Å². The van der Waals surface area contributed by atoms with Crippen LogP contribution >= 0.6 is 0 Å². The molecule has 0 spiro atoms. The van der Waals surface area contributed by atoms with E-state index in [1.54, 1.807) is 22.8 Å². The molecule has 7 heteroatoms. The summed E-state index contributed by atoms with van der Waals surface area (Å²) in [5, 5.41) is 3.19. The molecule has 1 aromatic rings. The highest BCUT2D eigenvalue weighted by Gasteiger charge is 2.24. The van der Waals surface area contributed by atoms with Crippen molar-refractivity contribution in [1.29, 1.82) is 0 Å². The van der Waals surface area contributed by atoms with E-state index in [9.17, 15) is 9.59 Å². The second-order valence-electron chi connectivity index (χ2n) is 5.37. The highest BCUT2D eigenvalue weighted by atomic mass is 16.2. The molecular formula is C15H23N5O2. The van der Waals surface area contributed by atoms with Gasteiger partial charge in [-0.1, -0.05) is 13.3 Å². The number of amides is 2. The SMILES string of the molecule is CCCCNc1cc(C(=O)N2CCN(C(C)=O)CC2)ncn1. The van der Waals surface area contributed by atoms with Gasteiger partial charge in [0.25, 0.3) is 5.91 Å². The molecule has 1 aliphatic rings. The summed E-state index contributed by atoms with van der Waals surface area (Å²) < 4.78 is 0. The van der Waals surface area contributed by atoms with Crippen LogP contribution < -0.4 is 5.32 Å². The third-order valence-corrected chi connectivity index (χ3v) is 3.73. The molecule has 1 aromatic heterocycles. The van der Waals surface area contributed by atoms with Crippen molar-refractivity contribution >= 4 is 17.6 Å². The molecule has 2 amide bonds. The molecule has 2 rings (SSSR count). The van der Waals surface area contributed by atoms with Gasteiger partial charge < -0.3 is 15.1 Å². The third kappa shape index (κ3) is 4.16. The maximum absolute atomic E-state index is 12.5. The van der Waals surface area contributed by atoms with E-state index in [-0.39, 0.29) is 11.8 Å². The predicted molar refractivity (Wildman–Crippen MR) is 83.6 cm³/mol. The Morgan fingerprint density at radius 3 is 2.50 bits per heavy atom. The van der Waals surface area contributed by atoms with Crippen molar-refractivity contribution in [1.82, 2.24) is 19.8 Å². The van der Waals surface area contributed by atoms with Crippen LogP contribution in [0.15, 0.2) is 12.4 Å². The number of hydrogen-bond acceptors (Lipinski definition) is 5. The number of nitrogens with zero attached hydrogens (tertiary/aromatic N) is 4. The Hall–Kier alpha value is -2.18. The van der Waals surface area contributed by atoms with Crippen LogP contribution in [0.4, 0.5) is 5.82 Å². The van der Waals surface area contributed by atoms with Gasteiger partial charge >= 0.3 is 0 Å². The fourth-order valence-electron chi connectivity index (χ4n) is 2.35. The lowest BCUT2D eigenvalue weighted by atomic mass is 10.2. The second-order valence-corrected chi connectivity index (χ2v) is 5.37. The van der Waals surface area contributed by atoms with Gasteiger partial charge in [-0.25, -0.2) is 9.97 Å². The average Bonchev–Trinajstić information content (AvgIpc) is 2.55. The second kappa shape index (κ2) is 7.72. The summed E-state index contributed by atoms with van der Waals surface area (Å²) in [6.45, 7) is 6.75. The van der Waals surface area contributed by atoms with Crippen molar-refractivity contribution in [2.24, 2.45) is 0 Å². The van der Waals surface area contributed by atoms with Crippen molar-refractivity contribution in [3.8, 4) is 0 Å². The van der Waals surface area contributed by atoms with Gasteiger partial charge in [-0.3, -0.25) is 9.59 Å². The first-order valence-electron chi connectivity index (χ1n) is 7.72. The topological polar surface area (TPSA) is 78.4 Å². The summed E-state index contributed by atoms with van der Waals surface area (Å²) in [5.41, 5.74) is 0.394. The van der Waals surface area contributed by atoms with Crippen molar-refractivity contribution < 1.29 is 9.59 Å². The first-order chi connectivity index (χ1) is 10.6. The fourth-order valence-corrected chi connectivity index (χ4v) is 2.35. The maximum Gasteiger partial charge on any atom is 0.272 e. The first kappa shape index (κ1) is 16.2. The lowest BCUT2D eigenvalue weighted by Crippen LogP contribution is -2.50. The zero-order valence-electron chi connectivity index (χ0n) is 13.2. The maximum atomic E-state index is 12.5. The normalized spacial score (nSPS) is 14.8. The minimum atomic E-state index is -0.107. The Kier molecular flexibility index (Phi) is 5.68. The van der Waals surface area contributed by atoms with Crippen LogP contribution in [-0.4, -0.2) is 64.3 Å². The van der Waals surface area contributed by atoms with Crippen LogP contribution in [0, 0.1) is 0 Å². The van der Waals surface area contributed by atoms with Crippen molar-refractivity contribution in [3.63, 3.8) is 0 Å². The summed E-state index contributed by atoms with van der Waals surface area (Å²) in [6, 6.07) is 1.69.